The number of anilines is 1. The minimum Gasteiger partial charge on any atom is -0.462 e. The van der Waals surface area contributed by atoms with E-state index in [1.54, 1.807) is 0 Å². The number of carbonyl (C=O) groups excluding carboxylic acids is 1. The van der Waals surface area contributed by atoms with E-state index in [9.17, 15) is 4.79 Å². The van der Waals surface area contributed by atoms with Crippen molar-refractivity contribution in [1.29, 1.82) is 0 Å². The second kappa shape index (κ2) is 6.60. The van der Waals surface area contributed by atoms with Gasteiger partial charge in [0, 0.05) is 5.69 Å². The van der Waals surface area contributed by atoms with Crippen LogP contribution in [0.4, 0.5) is 5.69 Å². The van der Waals surface area contributed by atoms with Gasteiger partial charge in [0.1, 0.15) is 6.10 Å². The fourth-order valence-corrected chi connectivity index (χ4v) is 2.88. The van der Waals surface area contributed by atoms with Gasteiger partial charge in [0.25, 0.3) is 0 Å². The van der Waals surface area contributed by atoms with Crippen LogP contribution in [0, 0.1) is 5.92 Å². The summed E-state index contributed by atoms with van der Waals surface area (Å²) < 4.78 is 5.66. The first-order valence-electron chi connectivity index (χ1n) is 7.23. The van der Waals surface area contributed by atoms with Crippen LogP contribution in [0.5, 0.6) is 0 Å². The molecule has 0 heterocycles. The highest BCUT2D eigenvalue weighted by atomic mass is 16.5. The molecule has 0 radical (unpaired) electrons. The van der Waals surface area contributed by atoms with Crippen molar-refractivity contribution in [1.82, 2.24) is 0 Å². The van der Waals surface area contributed by atoms with Crippen molar-refractivity contribution in [3.05, 3.63) is 29.8 Å². The Labute approximate surface area is 115 Å². The standard InChI is InChI=1S/C16H23NO2/c1-2-13-7-3-4-9-15(13)19-16(18)11-12-6-5-8-14(17)10-12/h5-6,8,10,13,15H,2-4,7,9,11,17H2,1H3. The van der Waals surface area contributed by atoms with E-state index in [0.29, 0.717) is 18.0 Å². The number of carbonyl (C=O) groups is 1. The number of ether oxygens (including phenoxy) is 1. The number of nitrogen functional groups attached to an aromatic ring is 1. The molecule has 0 saturated heterocycles. The van der Waals surface area contributed by atoms with Crippen molar-refractivity contribution in [2.24, 2.45) is 5.92 Å². The summed E-state index contributed by atoms with van der Waals surface area (Å²) in [6.07, 6.45) is 6.17. The summed E-state index contributed by atoms with van der Waals surface area (Å²) in [5.41, 5.74) is 7.32. The van der Waals surface area contributed by atoms with Gasteiger partial charge in [0.15, 0.2) is 0 Å². The van der Waals surface area contributed by atoms with Gasteiger partial charge < -0.3 is 10.5 Å². The van der Waals surface area contributed by atoms with Gasteiger partial charge in [-0.1, -0.05) is 25.5 Å². The van der Waals surface area contributed by atoms with Crippen molar-refractivity contribution >= 4 is 11.7 Å². The molecule has 19 heavy (non-hydrogen) atoms. The minimum atomic E-state index is -0.129. The molecule has 0 aromatic heterocycles. The number of hydrogen-bond acceptors (Lipinski definition) is 3. The molecule has 104 valence electrons. The molecule has 3 nitrogen and oxygen atoms in total. The molecule has 1 fully saturated rings. The predicted molar refractivity (Wildman–Crippen MR) is 76.7 cm³/mol. The maximum Gasteiger partial charge on any atom is 0.310 e. The minimum absolute atomic E-state index is 0.118. The lowest BCUT2D eigenvalue weighted by Gasteiger charge is -2.30. The topological polar surface area (TPSA) is 52.3 Å². The molecule has 2 rings (SSSR count). The third-order valence-corrected chi connectivity index (χ3v) is 3.95. The van der Waals surface area contributed by atoms with Gasteiger partial charge in [0.2, 0.25) is 0 Å². The highest BCUT2D eigenvalue weighted by Gasteiger charge is 2.26. The lowest BCUT2D eigenvalue weighted by Crippen LogP contribution is -2.30. The lowest BCUT2D eigenvalue weighted by atomic mass is 9.85. The van der Waals surface area contributed by atoms with E-state index in [-0.39, 0.29) is 12.1 Å². The summed E-state index contributed by atoms with van der Waals surface area (Å²) in [7, 11) is 0. The molecule has 0 aliphatic heterocycles. The van der Waals surface area contributed by atoms with Crippen LogP contribution in [0.2, 0.25) is 0 Å². The third kappa shape index (κ3) is 3.98. The zero-order valence-corrected chi connectivity index (χ0v) is 11.6. The molecular weight excluding hydrogens is 238 g/mol. The monoisotopic (exact) mass is 261 g/mol. The van der Waals surface area contributed by atoms with Gasteiger partial charge >= 0.3 is 5.97 Å². The van der Waals surface area contributed by atoms with Crippen molar-refractivity contribution in [3.8, 4) is 0 Å². The molecule has 1 aliphatic carbocycles. The molecule has 2 unspecified atom stereocenters. The van der Waals surface area contributed by atoms with E-state index in [0.717, 1.165) is 18.4 Å². The van der Waals surface area contributed by atoms with Crippen molar-refractivity contribution in [3.63, 3.8) is 0 Å². The average Bonchev–Trinajstić information content (AvgIpc) is 2.39. The van der Waals surface area contributed by atoms with Crippen molar-refractivity contribution < 1.29 is 9.53 Å². The summed E-state index contributed by atoms with van der Waals surface area (Å²) in [4.78, 5) is 12.0. The van der Waals surface area contributed by atoms with Gasteiger partial charge in [-0.05, 0) is 49.3 Å². The number of esters is 1. The Morgan fingerprint density at radius 3 is 2.89 bits per heavy atom. The predicted octanol–water partition coefficient (Wildman–Crippen LogP) is 3.32. The lowest BCUT2D eigenvalue weighted by molar-refractivity contribution is -0.152. The molecule has 1 saturated carbocycles. The van der Waals surface area contributed by atoms with E-state index in [1.807, 2.05) is 24.3 Å². The quantitative estimate of drug-likeness (QED) is 0.668. The summed E-state index contributed by atoms with van der Waals surface area (Å²) in [6.45, 7) is 2.18. The molecule has 1 aromatic carbocycles. The van der Waals surface area contributed by atoms with Crippen LogP contribution in [0.3, 0.4) is 0 Å². The summed E-state index contributed by atoms with van der Waals surface area (Å²) in [5.74, 6) is 0.412. The maximum absolute atomic E-state index is 12.0. The molecule has 0 spiro atoms. The van der Waals surface area contributed by atoms with Gasteiger partial charge in [-0.25, -0.2) is 0 Å². The van der Waals surface area contributed by atoms with Crippen molar-refractivity contribution in [2.75, 3.05) is 5.73 Å². The first-order chi connectivity index (χ1) is 9.19. The Morgan fingerprint density at radius 1 is 1.37 bits per heavy atom. The van der Waals surface area contributed by atoms with Crippen LogP contribution in [0.25, 0.3) is 0 Å². The number of benzene rings is 1. The van der Waals surface area contributed by atoms with Crippen LogP contribution in [-0.4, -0.2) is 12.1 Å². The van der Waals surface area contributed by atoms with Gasteiger partial charge in [0.05, 0.1) is 6.42 Å². The largest absolute Gasteiger partial charge is 0.462 e. The molecule has 3 heteroatoms. The fraction of sp³-hybridized carbons (Fsp3) is 0.562. The maximum atomic E-state index is 12.0. The number of rotatable bonds is 4. The third-order valence-electron chi connectivity index (χ3n) is 3.95. The second-order valence-electron chi connectivity index (χ2n) is 5.40. The van der Waals surface area contributed by atoms with Crippen LogP contribution in [-0.2, 0) is 16.0 Å². The Kier molecular flexibility index (Phi) is 4.83. The van der Waals surface area contributed by atoms with E-state index < -0.39 is 0 Å². The summed E-state index contributed by atoms with van der Waals surface area (Å²) >= 11 is 0. The zero-order chi connectivity index (χ0) is 13.7. The first-order valence-corrected chi connectivity index (χ1v) is 7.23. The van der Waals surface area contributed by atoms with Crippen molar-refractivity contribution in [2.45, 2.75) is 51.6 Å². The second-order valence-corrected chi connectivity index (χ2v) is 5.40. The summed E-state index contributed by atoms with van der Waals surface area (Å²) in [6, 6.07) is 7.44. The molecule has 2 atom stereocenters. The Bertz CT molecular complexity index is 431. The Morgan fingerprint density at radius 2 is 2.16 bits per heavy atom. The molecular formula is C16H23NO2. The highest BCUT2D eigenvalue weighted by molar-refractivity contribution is 5.73. The van der Waals surface area contributed by atoms with Crippen LogP contribution in [0.1, 0.15) is 44.6 Å². The fourth-order valence-electron chi connectivity index (χ4n) is 2.88. The van der Waals surface area contributed by atoms with E-state index in [1.165, 1.54) is 19.3 Å². The van der Waals surface area contributed by atoms with Gasteiger partial charge in [-0.3, -0.25) is 4.79 Å². The van der Waals surface area contributed by atoms with Crippen LogP contribution < -0.4 is 5.73 Å². The van der Waals surface area contributed by atoms with Gasteiger partial charge in [-0.15, -0.1) is 0 Å². The smallest absolute Gasteiger partial charge is 0.310 e. The van der Waals surface area contributed by atoms with Gasteiger partial charge in [-0.2, -0.15) is 0 Å². The summed E-state index contributed by atoms with van der Waals surface area (Å²) in [5, 5.41) is 0. The SMILES string of the molecule is CCC1CCCCC1OC(=O)Cc1cccc(N)c1. The number of hydrogen-bond donors (Lipinski definition) is 1. The Balaban J connectivity index is 1.90. The molecule has 0 bridgehead atoms. The molecule has 0 amide bonds. The average molecular weight is 261 g/mol. The highest BCUT2D eigenvalue weighted by Crippen LogP contribution is 2.29. The Hall–Kier alpha value is -1.51. The molecule has 1 aliphatic rings. The zero-order valence-electron chi connectivity index (χ0n) is 11.6. The molecule has 2 N–H and O–H groups in total. The van der Waals surface area contributed by atoms with E-state index in [2.05, 4.69) is 6.92 Å². The van der Waals surface area contributed by atoms with Crippen LogP contribution in [0.15, 0.2) is 24.3 Å². The van der Waals surface area contributed by atoms with E-state index >= 15 is 0 Å². The van der Waals surface area contributed by atoms with Crippen LogP contribution >= 0.6 is 0 Å². The van der Waals surface area contributed by atoms with E-state index in [4.69, 9.17) is 10.5 Å². The number of nitrogens with two attached hydrogens (primary N) is 1. The molecule has 1 aromatic rings. The normalized spacial score (nSPS) is 23.0. The first kappa shape index (κ1) is 13.9.